The fraction of sp³-hybridized carbons (Fsp3) is 0.625. The highest BCUT2D eigenvalue weighted by Gasteiger charge is 2.48. The van der Waals surface area contributed by atoms with Crippen molar-refractivity contribution in [2.75, 3.05) is 33.5 Å². The van der Waals surface area contributed by atoms with Crippen LogP contribution in [0.4, 0.5) is 4.39 Å². The summed E-state index contributed by atoms with van der Waals surface area (Å²) in [6, 6.07) is 16.5. The number of methoxy groups -OCH3 is 1. The van der Waals surface area contributed by atoms with Gasteiger partial charge in [-0.05, 0) is 54.5 Å². The van der Waals surface area contributed by atoms with Crippen LogP contribution in [0.25, 0.3) is 0 Å². The van der Waals surface area contributed by atoms with Crippen LogP contribution in [0, 0.1) is 0 Å². The third-order valence-corrected chi connectivity index (χ3v) is 7.00. The van der Waals surface area contributed by atoms with Crippen molar-refractivity contribution in [3.63, 3.8) is 0 Å². The van der Waals surface area contributed by atoms with Gasteiger partial charge in [0.1, 0.15) is 30.2 Å². The first-order valence-corrected chi connectivity index (χ1v) is 14.4. The minimum Gasteiger partial charge on any atom is -0.497 e. The zero-order chi connectivity index (χ0) is 27.2. The molecular weight excluding hydrogens is 483 g/mol. The Bertz CT molecular complexity index is 905. The lowest BCUT2D eigenvalue weighted by atomic mass is 9.90. The summed E-state index contributed by atoms with van der Waals surface area (Å²) >= 11 is 0. The molecule has 0 aromatic heterocycles. The van der Waals surface area contributed by atoms with Crippen molar-refractivity contribution in [1.82, 2.24) is 0 Å². The number of hydrogen-bond donors (Lipinski definition) is 0. The van der Waals surface area contributed by atoms with Crippen LogP contribution in [-0.2, 0) is 25.4 Å². The van der Waals surface area contributed by atoms with Gasteiger partial charge in [0, 0.05) is 19.8 Å². The van der Waals surface area contributed by atoms with Gasteiger partial charge in [-0.15, -0.1) is 0 Å². The molecule has 212 valence electrons. The Kier molecular flexibility index (Phi) is 13.6. The average molecular weight is 531 g/mol. The van der Waals surface area contributed by atoms with Crippen LogP contribution in [0.2, 0.25) is 0 Å². The van der Waals surface area contributed by atoms with Crippen LogP contribution in [0.5, 0.6) is 5.75 Å². The predicted octanol–water partition coefficient (Wildman–Crippen LogP) is 7.25. The van der Waals surface area contributed by atoms with Crippen molar-refractivity contribution >= 4 is 0 Å². The highest BCUT2D eigenvalue weighted by molar-refractivity contribution is 5.34. The van der Waals surface area contributed by atoms with Gasteiger partial charge in [0.05, 0.1) is 13.7 Å². The summed E-state index contributed by atoms with van der Waals surface area (Å²) < 4.78 is 46.0. The molecule has 2 aromatic carbocycles. The van der Waals surface area contributed by atoms with Crippen LogP contribution in [0.15, 0.2) is 48.5 Å². The van der Waals surface area contributed by atoms with E-state index in [4.69, 9.17) is 23.7 Å². The standard InChI is InChI=1S/C32H47FO5/c1-5-8-18-35-23-28-29(33)31(36-19-9-6-2)32(37-20-10-7-3)30(38-28)26-13-11-12-25(22-26)21-24-14-16-27(34-4)17-15-24/h11-17,22,28-32H,5-10,18-21,23H2,1-4H3. The smallest absolute Gasteiger partial charge is 0.157 e. The maximum atomic E-state index is 15.9. The summed E-state index contributed by atoms with van der Waals surface area (Å²) in [5.41, 5.74) is 3.33. The Morgan fingerprint density at radius 1 is 0.789 bits per heavy atom. The van der Waals surface area contributed by atoms with Crippen LogP contribution < -0.4 is 4.74 Å². The Labute approximate surface area is 229 Å². The summed E-state index contributed by atoms with van der Waals surface area (Å²) in [4.78, 5) is 0. The lowest BCUT2D eigenvalue weighted by Crippen LogP contribution is -2.56. The third-order valence-electron chi connectivity index (χ3n) is 7.00. The molecule has 1 saturated heterocycles. The molecule has 0 amide bonds. The van der Waals surface area contributed by atoms with Gasteiger partial charge in [-0.25, -0.2) is 4.39 Å². The molecule has 38 heavy (non-hydrogen) atoms. The highest BCUT2D eigenvalue weighted by Crippen LogP contribution is 2.38. The van der Waals surface area contributed by atoms with E-state index in [0.717, 1.165) is 61.8 Å². The Morgan fingerprint density at radius 2 is 1.45 bits per heavy atom. The van der Waals surface area contributed by atoms with Crippen molar-refractivity contribution in [1.29, 1.82) is 0 Å². The number of ether oxygens (including phenoxy) is 5. The maximum Gasteiger partial charge on any atom is 0.157 e. The Balaban J connectivity index is 1.86. The number of unbranched alkanes of at least 4 members (excludes halogenated alkanes) is 3. The molecule has 0 radical (unpaired) electrons. The number of benzene rings is 2. The molecule has 5 atom stereocenters. The second kappa shape index (κ2) is 16.9. The maximum absolute atomic E-state index is 15.9. The number of hydrogen-bond acceptors (Lipinski definition) is 5. The zero-order valence-electron chi connectivity index (χ0n) is 23.7. The average Bonchev–Trinajstić information content (AvgIpc) is 2.94. The minimum atomic E-state index is -1.32. The van der Waals surface area contributed by atoms with Gasteiger partial charge < -0.3 is 23.7 Å². The molecule has 0 aliphatic carbocycles. The predicted molar refractivity (Wildman–Crippen MR) is 150 cm³/mol. The van der Waals surface area contributed by atoms with E-state index in [1.165, 1.54) is 5.56 Å². The first-order valence-electron chi connectivity index (χ1n) is 14.4. The summed E-state index contributed by atoms with van der Waals surface area (Å²) in [7, 11) is 1.67. The van der Waals surface area contributed by atoms with Gasteiger partial charge >= 0.3 is 0 Å². The fourth-order valence-corrected chi connectivity index (χ4v) is 4.71. The first kappa shape index (κ1) is 30.6. The van der Waals surface area contributed by atoms with E-state index in [9.17, 15) is 0 Å². The molecule has 0 saturated carbocycles. The molecule has 1 aliphatic heterocycles. The van der Waals surface area contributed by atoms with E-state index >= 15 is 4.39 Å². The van der Waals surface area contributed by atoms with Gasteiger partial charge in [-0.2, -0.15) is 0 Å². The van der Waals surface area contributed by atoms with Crippen molar-refractivity contribution in [3.05, 3.63) is 65.2 Å². The Hall–Kier alpha value is -1.99. The molecular formula is C32H47FO5. The van der Waals surface area contributed by atoms with Gasteiger partial charge in [0.25, 0.3) is 0 Å². The van der Waals surface area contributed by atoms with Crippen LogP contribution in [0.1, 0.15) is 82.1 Å². The molecule has 1 heterocycles. The molecule has 2 aromatic rings. The number of rotatable bonds is 17. The summed E-state index contributed by atoms with van der Waals surface area (Å²) in [5.74, 6) is 0.840. The van der Waals surface area contributed by atoms with Gasteiger partial charge in [0.2, 0.25) is 0 Å². The van der Waals surface area contributed by atoms with Crippen molar-refractivity contribution in [2.45, 2.75) is 96.3 Å². The molecule has 3 rings (SSSR count). The first-order chi connectivity index (χ1) is 18.6. The molecule has 1 fully saturated rings. The van der Waals surface area contributed by atoms with Gasteiger partial charge in [-0.3, -0.25) is 0 Å². The van der Waals surface area contributed by atoms with E-state index in [0.29, 0.717) is 19.8 Å². The van der Waals surface area contributed by atoms with E-state index in [1.54, 1.807) is 7.11 Å². The zero-order valence-corrected chi connectivity index (χ0v) is 23.7. The van der Waals surface area contributed by atoms with Gasteiger partial charge in [0.15, 0.2) is 6.17 Å². The SMILES string of the molecule is CCCCOCC1OC(c2cccc(Cc3ccc(OC)cc3)c2)C(OCCCC)C(OCCCC)C1F. The Morgan fingerprint density at radius 3 is 2.11 bits per heavy atom. The minimum absolute atomic E-state index is 0.207. The molecule has 6 heteroatoms. The fourth-order valence-electron chi connectivity index (χ4n) is 4.71. The largest absolute Gasteiger partial charge is 0.497 e. The normalized spacial score (nSPS) is 23.4. The van der Waals surface area contributed by atoms with Crippen molar-refractivity contribution in [2.24, 2.45) is 0 Å². The number of alkyl halides is 1. The second-order valence-electron chi connectivity index (χ2n) is 10.1. The lowest BCUT2D eigenvalue weighted by Gasteiger charge is -2.44. The summed E-state index contributed by atoms with van der Waals surface area (Å²) in [6.45, 7) is 8.20. The molecule has 1 aliphatic rings. The molecule has 5 unspecified atom stereocenters. The third kappa shape index (κ3) is 9.04. The molecule has 0 bridgehead atoms. The molecule has 0 N–H and O–H groups in total. The lowest BCUT2D eigenvalue weighted by molar-refractivity contribution is -0.243. The second-order valence-corrected chi connectivity index (χ2v) is 10.1. The molecule has 5 nitrogen and oxygen atoms in total. The van der Waals surface area contributed by atoms with Gasteiger partial charge in [-0.1, -0.05) is 76.4 Å². The van der Waals surface area contributed by atoms with E-state index in [1.807, 2.05) is 18.2 Å². The monoisotopic (exact) mass is 530 g/mol. The summed E-state index contributed by atoms with van der Waals surface area (Å²) in [6.07, 6.45) is 2.82. The van der Waals surface area contributed by atoms with E-state index < -0.39 is 30.6 Å². The van der Waals surface area contributed by atoms with Crippen LogP contribution >= 0.6 is 0 Å². The quantitative estimate of drug-likeness (QED) is 0.202. The van der Waals surface area contributed by atoms with E-state index in [-0.39, 0.29) is 6.61 Å². The topological polar surface area (TPSA) is 46.2 Å². The van der Waals surface area contributed by atoms with Crippen molar-refractivity contribution in [3.8, 4) is 5.75 Å². The van der Waals surface area contributed by atoms with Crippen molar-refractivity contribution < 1.29 is 28.1 Å². The highest BCUT2D eigenvalue weighted by atomic mass is 19.1. The number of halogens is 1. The molecule has 0 spiro atoms. The summed E-state index contributed by atoms with van der Waals surface area (Å²) in [5, 5.41) is 0. The van der Waals surface area contributed by atoms with Crippen LogP contribution in [-0.4, -0.2) is 58.0 Å². The van der Waals surface area contributed by atoms with E-state index in [2.05, 4.69) is 51.1 Å². The van der Waals surface area contributed by atoms with Crippen LogP contribution in [0.3, 0.4) is 0 Å².